The molecule has 0 radical (unpaired) electrons. The van der Waals surface area contributed by atoms with Gasteiger partial charge in [0, 0.05) is 18.7 Å². The van der Waals surface area contributed by atoms with Gasteiger partial charge in [-0.05, 0) is 25.5 Å². The predicted octanol–water partition coefficient (Wildman–Crippen LogP) is 3.95. The molecule has 0 spiro atoms. The molecule has 8 heteroatoms. The summed E-state index contributed by atoms with van der Waals surface area (Å²) in [7, 11) is 0. The van der Waals surface area contributed by atoms with Gasteiger partial charge in [-0.3, -0.25) is 4.79 Å². The third-order valence-electron chi connectivity index (χ3n) is 3.91. The quantitative estimate of drug-likeness (QED) is 0.716. The third-order valence-corrected chi connectivity index (χ3v) is 3.91. The van der Waals surface area contributed by atoms with Gasteiger partial charge >= 0.3 is 12.4 Å². The van der Waals surface area contributed by atoms with E-state index >= 15 is 0 Å². The van der Waals surface area contributed by atoms with Gasteiger partial charge in [0.25, 0.3) is 5.91 Å². The molecule has 1 aliphatic heterocycles. The highest BCUT2D eigenvalue weighted by atomic mass is 19.4. The molecule has 1 heterocycles. The molecule has 2 nitrogen and oxygen atoms in total. The second-order valence-corrected chi connectivity index (χ2v) is 5.42. The largest absolute Gasteiger partial charge is 0.404 e. The first-order valence-electron chi connectivity index (χ1n) is 6.47. The van der Waals surface area contributed by atoms with E-state index in [2.05, 4.69) is 0 Å². The molecule has 1 aromatic carbocycles. The van der Waals surface area contributed by atoms with Crippen molar-refractivity contribution in [1.29, 1.82) is 0 Å². The summed E-state index contributed by atoms with van der Waals surface area (Å²) in [6.07, 6.45) is -12.1. The molecule has 0 saturated carbocycles. The maximum atomic E-state index is 13.0. The molecule has 22 heavy (non-hydrogen) atoms. The number of carbonyl (C=O) groups is 1. The van der Waals surface area contributed by atoms with E-state index in [1.165, 1.54) is 18.2 Å². The summed E-state index contributed by atoms with van der Waals surface area (Å²) in [5, 5.41) is 0. The number of nitrogens with zero attached hydrogens (tertiary/aromatic N) is 1. The second kappa shape index (κ2) is 5.17. The fraction of sp³-hybridized carbons (Fsp3) is 0.500. The lowest BCUT2D eigenvalue weighted by molar-refractivity contribution is -0.334. The van der Waals surface area contributed by atoms with Crippen LogP contribution in [-0.4, -0.2) is 36.2 Å². The number of hydrogen-bond donors (Lipinski definition) is 0. The molecule has 1 fully saturated rings. The van der Waals surface area contributed by atoms with Crippen LogP contribution in [0.1, 0.15) is 22.3 Å². The van der Waals surface area contributed by atoms with Crippen LogP contribution in [0.2, 0.25) is 0 Å². The van der Waals surface area contributed by atoms with Crippen LogP contribution in [0.4, 0.5) is 26.3 Å². The van der Waals surface area contributed by atoms with Crippen LogP contribution in [0.5, 0.6) is 0 Å². The number of amides is 1. The maximum Gasteiger partial charge on any atom is 0.404 e. The van der Waals surface area contributed by atoms with Crippen molar-refractivity contribution in [2.75, 3.05) is 13.1 Å². The van der Waals surface area contributed by atoms with Crippen molar-refractivity contribution in [3.05, 3.63) is 35.4 Å². The molecular weight excluding hydrogens is 312 g/mol. The van der Waals surface area contributed by atoms with E-state index < -0.39 is 43.2 Å². The Balaban J connectivity index is 2.29. The molecule has 0 aliphatic carbocycles. The van der Waals surface area contributed by atoms with Crippen LogP contribution < -0.4 is 0 Å². The molecule has 0 aromatic heterocycles. The van der Waals surface area contributed by atoms with Crippen molar-refractivity contribution in [2.45, 2.75) is 25.7 Å². The van der Waals surface area contributed by atoms with Crippen molar-refractivity contribution in [3.8, 4) is 0 Å². The first-order chi connectivity index (χ1) is 9.98. The highest BCUT2D eigenvalue weighted by Gasteiger charge is 2.72. The minimum atomic E-state index is -5.45. The average Bonchev–Trinajstić information content (AvgIpc) is 2.83. The number of hydrogen-bond acceptors (Lipinski definition) is 1. The summed E-state index contributed by atoms with van der Waals surface area (Å²) < 4.78 is 77.7. The number of halogens is 6. The van der Waals surface area contributed by atoms with Gasteiger partial charge in [0.2, 0.25) is 0 Å². The zero-order valence-corrected chi connectivity index (χ0v) is 11.6. The standard InChI is InChI=1S/C14H13F6NO/c1-9-3-2-4-10(7-9)11(22)21-6-5-12(8-21,13(15,16)17)14(18,19)20/h2-4,7H,5-6,8H2,1H3. The third kappa shape index (κ3) is 2.66. The van der Waals surface area contributed by atoms with E-state index in [9.17, 15) is 31.1 Å². The van der Waals surface area contributed by atoms with Gasteiger partial charge in [0.15, 0.2) is 5.41 Å². The number of benzene rings is 1. The van der Waals surface area contributed by atoms with E-state index in [0.29, 0.717) is 10.5 Å². The lowest BCUT2D eigenvalue weighted by Gasteiger charge is -2.33. The van der Waals surface area contributed by atoms with Gasteiger partial charge < -0.3 is 4.90 Å². The molecule has 1 aromatic rings. The van der Waals surface area contributed by atoms with Crippen molar-refractivity contribution >= 4 is 5.91 Å². The topological polar surface area (TPSA) is 20.3 Å². The molecule has 122 valence electrons. The van der Waals surface area contributed by atoms with Crippen LogP contribution in [0.3, 0.4) is 0 Å². The van der Waals surface area contributed by atoms with Gasteiger partial charge in [0.1, 0.15) is 0 Å². The number of rotatable bonds is 1. The highest BCUT2D eigenvalue weighted by molar-refractivity contribution is 5.94. The van der Waals surface area contributed by atoms with Crippen LogP contribution in [0.25, 0.3) is 0 Å². The predicted molar refractivity (Wildman–Crippen MR) is 66.2 cm³/mol. The van der Waals surface area contributed by atoms with E-state index in [4.69, 9.17) is 0 Å². The summed E-state index contributed by atoms with van der Waals surface area (Å²) in [5.74, 6) is -0.820. The Kier molecular flexibility index (Phi) is 3.91. The normalized spacial score (nSPS) is 18.6. The Morgan fingerprint density at radius 3 is 2.18 bits per heavy atom. The first-order valence-corrected chi connectivity index (χ1v) is 6.47. The van der Waals surface area contributed by atoms with Gasteiger partial charge in [-0.1, -0.05) is 17.7 Å². The fourth-order valence-corrected chi connectivity index (χ4v) is 2.57. The minimum Gasteiger partial charge on any atom is -0.337 e. The Hall–Kier alpha value is -1.73. The van der Waals surface area contributed by atoms with Crippen molar-refractivity contribution in [2.24, 2.45) is 5.41 Å². The van der Waals surface area contributed by atoms with Crippen LogP contribution in [-0.2, 0) is 0 Å². The lowest BCUT2D eigenvalue weighted by atomic mass is 9.85. The van der Waals surface area contributed by atoms with Gasteiger partial charge in [-0.15, -0.1) is 0 Å². The highest BCUT2D eigenvalue weighted by Crippen LogP contribution is 2.55. The zero-order chi connectivity index (χ0) is 16.8. The smallest absolute Gasteiger partial charge is 0.337 e. The van der Waals surface area contributed by atoms with E-state index in [1.54, 1.807) is 13.0 Å². The van der Waals surface area contributed by atoms with E-state index in [-0.39, 0.29) is 5.56 Å². The lowest BCUT2D eigenvalue weighted by Crippen LogP contribution is -2.52. The number of likely N-dealkylation sites (tertiary alicyclic amines) is 1. The van der Waals surface area contributed by atoms with E-state index in [1.807, 2.05) is 0 Å². The van der Waals surface area contributed by atoms with Gasteiger partial charge in [-0.2, -0.15) is 26.3 Å². The zero-order valence-electron chi connectivity index (χ0n) is 11.6. The Bertz CT molecular complexity index is 563. The summed E-state index contributed by atoms with van der Waals surface area (Å²) in [4.78, 5) is 12.8. The van der Waals surface area contributed by atoms with Gasteiger partial charge in [0.05, 0.1) is 0 Å². The molecule has 0 N–H and O–H groups in total. The van der Waals surface area contributed by atoms with E-state index in [0.717, 1.165) is 0 Å². The summed E-state index contributed by atoms with van der Waals surface area (Å²) in [6.45, 7) is -0.297. The van der Waals surface area contributed by atoms with Crippen molar-refractivity contribution < 1.29 is 31.1 Å². The summed E-state index contributed by atoms with van der Waals surface area (Å²) >= 11 is 0. The summed E-state index contributed by atoms with van der Waals surface area (Å²) in [6, 6.07) is 6.01. The Labute approximate surface area is 122 Å². The molecule has 1 aliphatic rings. The Morgan fingerprint density at radius 2 is 1.73 bits per heavy atom. The van der Waals surface area contributed by atoms with Crippen molar-refractivity contribution in [3.63, 3.8) is 0 Å². The average molecular weight is 325 g/mol. The number of aryl methyl sites for hydroxylation is 1. The molecule has 0 atom stereocenters. The minimum absolute atomic E-state index is 0.0835. The molecule has 2 rings (SSSR count). The van der Waals surface area contributed by atoms with Crippen LogP contribution in [0.15, 0.2) is 24.3 Å². The molecule has 0 bridgehead atoms. The first kappa shape index (κ1) is 16.6. The number of carbonyl (C=O) groups excluding carboxylic acids is 1. The molecular formula is C14H13F6NO. The van der Waals surface area contributed by atoms with Crippen LogP contribution >= 0.6 is 0 Å². The fourth-order valence-electron chi connectivity index (χ4n) is 2.57. The van der Waals surface area contributed by atoms with Gasteiger partial charge in [-0.25, -0.2) is 0 Å². The van der Waals surface area contributed by atoms with Crippen LogP contribution in [0, 0.1) is 12.3 Å². The monoisotopic (exact) mass is 325 g/mol. The second-order valence-electron chi connectivity index (χ2n) is 5.42. The Morgan fingerprint density at radius 1 is 1.14 bits per heavy atom. The molecule has 1 saturated heterocycles. The summed E-state index contributed by atoms with van der Waals surface area (Å²) in [5.41, 5.74) is -3.07. The SMILES string of the molecule is Cc1cccc(C(=O)N2CCC(C(F)(F)F)(C(F)(F)F)C2)c1. The molecule has 1 amide bonds. The number of alkyl halides is 6. The van der Waals surface area contributed by atoms with Crippen molar-refractivity contribution in [1.82, 2.24) is 4.90 Å². The molecule has 0 unspecified atom stereocenters. The maximum absolute atomic E-state index is 13.0.